The number of nitrogens with two attached hydrogens (primary N) is 1. The normalized spacial score (nSPS) is 19.8. The molecule has 1 heterocycles. The van der Waals surface area contributed by atoms with E-state index in [9.17, 15) is 4.79 Å². The maximum absolute atomic E-state index is 12.9. The standard InChI is InChI=1S/C19H22N2O2.ClH/c1-23-13-15-9-5-6-10-16(15)19(22)21-11-17(18(20)12-21)14-7-3-2-4-8-14;/h2-10,17-18H,11-13,20H2,1H3;1H/t17-,18+;/m0./s1. The van der Waals surface area contributed by atoms with Gasteiger partial charge < -0.3 is 15.4 Å². The van der Waals surface area contributed by atoms with Crippen LogP contribution in [-0.4, -0.2) is 37.0 Å². The Morgan fingerprint density at radius 3 is 2.50 bits per heavy atom. The van der Waals surface area contributed by atoms with Crippen LogP contribution in [0, 0.1) is 0 Å². The highest BCUT2D eigenvalue weighted by Crippen LogP contribution is 2.28. The molecule has 3 rings (SSSR count). The number of ether oxygens (including phenoxy) is 1. The molecule has 128 valence electrons. The Labute approximate surface area is 149 Å². The molecule has 0 bridgehead atoms. The molecule has 1 saturated heterocycles. The van der Waals surface area contributed by atoms with Crippen LogP contribution >= 0.6 is 12.4 Å². The predicted octanol–water partition coefficient (Wildman–Crippen LogP) is 2.82. The number of carbonyl (C=O) groups is 1. The molecule has 5 heteroatoms. The monoisotopic (exact) mass is 346 g/mol. The molecule has 1 amide bonds. The third-order valence-electron chi connectivity index (χ3n) is 4.43. The van der Waals surface area contributed by atoms with Gasteiger partial charge in [0.1, 0.15) is 0 Å². The van der Waals surface area contributed by atoms with Crippen molar-refractivity contribution in [2.75, 3.05) is 20.2 Å². The number of likely N-dealkylation sites (tertiary alicyclic amines) is 1. The zero-order valence-electron chi connectivity index (χ0n) is 13.7. The summed E-state index contributed by atoms with van der Waals surface area (Å²) in [6.45, 7) is 1.68. The zero-order valence-corrected chi connectivity index (χ0v) is 14.5. The lowest BCUT2D eigenvalue weighted by Gasteiger charge is -2.18. The number of halogens is 1. The van der Waals surface area contributed by atoms with Gasteiger partial charge in [0.25, 0.3) is 5.91 Å². The Balaban J connectivity index is 0.00000208. The Morgan fingerprint density at radius 2 is 1.79 bits per heavy atom. The predicted molar refractivity (Wildman–Crippen MR) is 97.5 cm³/mol. The average Bonchev–Trinajstić information content (AvgIpc) is 2.98. The molecule has 0 unspecified atom stereocenters. The first kappa shape index (κ1) is 18.5. The number of methoxy groups -OCH3 is 1. The fourth-order valence-corrected chi connectivity index (χ4v) is 3.23. The number of hydrogen-bond donors (Lipinski definition) is 1. The van der Waals surface area contributed by atoms with Gasteiger partial charge >= 0.3 is 0 Å². The van der Waals surface area contributed by atoms with Crippen LogP contribution in [0.15, 0.2) is 54.6 Å². The molecule has 0 radical (unpaired) electrons. The van der Waals surface area contributed by atoms with Gasteiger partial charge in [-0.25, -0.2) is 0 Å². The third kappa shape index (κ3) is 3.78. The Kier molecular flexibility index (Phi) is 6.37. The summed E-state index contributed by atoms with van der Waals surface area (Å²) >= 11 is 0. The van der Waals surface area contributed by atoms with E-state index in [0.29, 0.717) is 25.3 Å². The van der Waals surface area contributed by atoms with Gasteiger partial charge in [0, 0.05) is 37.7 Å². The van der Waals surface area contributed by atoms with E-state index in [1.165, 1.54) is 5.56 Å². The van der Waals surface area contributed by atoms with Crippen molar-refractivity contribution >= 4 is 18.3 Å². The molecule has 4 nitrogen and oxygen atoms in total. The molecule has 0 saturated carbocycles. The minimum Gasteiger partial charge on any atom is -0.380 e. The lowest BCUT2D eigenvalue weighted by molar-refractivity contribution is 0.0784. The van der Waals surface area contributed by atoms with Gasteiger partial charge in [-0.2, -0.15) is 0 Å². The SMILES string of the molecule is COCc1ccccc1C(=O)N1C[C@@H](N)[C@H](c2ccccc2)C1.Cl. The van der Waals surface area contributed by atoms with Gasteiger partial charge in [-0.1, -0.05) is 48.5 Å². The number of benzene rings is 2. The molecule has 0 spiro atoms. The van der Waals surface area contributed by atoms with Gasteiger partial charge in [-0.3, -0.25) is 4.79 Å². The molecule has 2 N–H and O–H groups in total. The molecule has 0 aromatic heterocycles. The summed E-state index contributed by atoms with van der Waals surface area (Å²) in [5, 5.41) is 0. The topological polar surface area (TPSA) is 55.6 Å². The van der Waals surface area contributed by atoms with E-state index >= 15 is 0 Å². The second-order valence-corrected chi connectivity index (χ2v) is 5.98. The molecule has 0 aliphatic carbocycles. The molecule has 2 aromatic rings. The van der Waals surface area contributed by atoms with E-state index < -0.39 is 0 Å². The number of amides is 1. The summed E-state index contributed by atoms with van der Waals surface area (Å²) in [4.78, 5) is 14.7. The van der Waals surface area contributed by atoms with Crippen molar-refractivity contribution in [1.82, 2.24) is 4.90 Å². The van der Waals surface area contributed by atoms with Crippen LogP contribution in [0.1, 0.15) is 27.4 Å². The van der Waals surface area contributed by atoms with Gasteiger partial charge in [0.05, 0.1) is 6.61 Å². The largest absolute Gasteiger partial charge is 0.380 e. The van der Waals surface area contributed by atoms with Crippen molar-refractivity contribution in [1.29, 1.82) is 0 Å². The summed E-state index contributed by atoms with van der Waals surface area (Å²) in [5.41, 5.74) is 9.11. The maximum Gasteiger partial charge on any atom is 0.254 e. The van der Waals surface area contributed by atoms with Crippen LogP contribution in [-0.2, 0) is 11.3 Å². The Morgan fingerprint density at radius 1 is 1.12 bits per heavy atom. The van der Waals surface area contributed by atoms with Crippen molar-refractivity contribution in [2.24, 2.45) is 5.73 Å². The highest BCUT2D eigenvalue weighted by Gasteiger charge is 2.34. The number of carbonyl (C=O) groups excluding carboxylic acids is 1. The third-order valence-corrected chi connectivity index (χ3v) is 4.43. The van der Waals surface area contributed by atoms with E-state index in [1.54, 1.807) is 7.11 Å². The maximum atomic E-state index is 12.9. The minimum atomic E-state index is -0.0315. The zero-order chi connectivity index (χ0) is 16.2. The fraction of sp³-hybridized carbons (Fsp3) is 0.316. The quantitative estimate of drug-likeness (QED) is 0.926. The van der Waals surface area contributed by atoms with Crippen LogP contribution in [0.2, 0.25) is 0 Å². The molecule has 24 heavy (non-hydrogen) atoms. The summed E-state index contributed by atoms with van der Waals surface area (Å²) < 4.78 is 5.20. The van der Waals surface area contributed by atoms with E-state index in [-0.39, 0.29) is 30.3 Å². The molecule has 1 aliphatic rings. The van der Waals surface area contributed by atoms with E-state index in [2.05, 4.69) is 12.1 Å². The first-order valence-electron chi connectivity index (χ1n) is 7.87. The lowest BCUT2D eigenvalue weighted by atomic mass is 9.95. The summed E-state index contributed by atoms with van der Waals surface area (Å²) in [6, 6.07) is 17.8. The van der Waals surface area contributed by atoms with Crippen molar-refractivity contribution in [3.63, 3.8) is 0 Å². The average molecular weight is 347 g/mol. The molecular weight excluding hydrogens is 324 g/mol. The lowest BCUT2D eigenvalue weighted by Crippen LogP contribution is -2.32. The first-order chi connectivity index (χ1) is 11.2. The van der Waals surface area contributed by atoms with Crippen LogP contribution < -0.4 is 5.73 Å². The van der Waals surface area contributed by atoms with E-state index in [0.717, 1.165) is 5.56 Å². The van der Waals surface area contributed by atoms with Crippen molar-refractivity contribution in [3.05, 3.63) is 71.3 Å². The highest BCUT2D eigenvalue weighted by atomic mass is 35.5. The van der Waals surface area contributed by atoms with Gasteiger partial charge in [-0.15, -0.1) is 12.4 Å². The van der Waals surface area contributed by atoms with Crippen LogP contribution in [0.4, 0.5) is 0 Å². The Bertz CT molecular complexity index is 678. The van der Waals surface area contributed by atoms with Crippen LogP contribution in [0.25, 0.3) is 0 Å². The molecular formula is C19H23ClN2O2. The van der Waals surface area contributed by atoms with E-state index in [1.807, 2.05) is 47.4 Å². The van der Waals surface area contributed by atoms with E-state index in [4.69, 9.17) is 10.5 Å². The molecule has 1 fully saturated rings. The number of nitrogens with zero attached hydrogens (tertiary/aromatic N) is 1. The second kappa shape index (κ2) is 8.29. The van der Waals surface area contributed by atoms with Crippen molar-refractivity contribution in [3.8, 4) is 0 Å². The summed E-state index contributed by atoms with van der Waals surface area (Å²) in [5.74, 6) is 0.223. The molecule has 1 aliphatic heterocycles. The van der Waals surface area contributed by atoms with Crippen molar-refractivity contribution in [2.45, 2.75) is 18.6 Å². The van der Waals surface area contributed by atoms with Gasteiger partial charge in [0.15, 0.2) is 0 Å². The van der Waals surface area contributed by atoms with Gasteiger partial charge in [0.2, 0.25) is 0 Å². The fourth-order valence-electron chi connectivity index (χ4n) is 3.23. The molecule has 2 aromatic carbocycles. The van der Waals surface area contributed by atoms with Crippen molar-refractivity contribution < 1.29 is 9.53 Å². The number of rotatable bonds is 4. The van der Waals surface area contributed by atoms with Crippen LogP contribution in [0.3, 0.4) is 0 Å². The summed E-state index contributed by atoms with van der Waals surface area (Å²) in [6.07, 6.45) is 0. The smallest absolute Gasteiger partial charge is 0.254 e. The number of hydrogen-bond acceptors (Lipinski definition) is 3. The second-order valence-electron chi connectivity index (χ2n) is 5.98. The minimum absolute atomic E-state index is 0. The Hall–Kier alpha value is -1.88. The van der Waals surface area contributed by atoms with Crippen LogP contribution in [0.5, 0.6) is 0 Å². The highest BCUT2D eigenvalue weighted by molar-refractivity contribution is 5.96. The molecule has 2 atom stereocenters. The first-order valence-corrected chi connectivity index (χ1v) is 7.87. The summed E-state index contributed by atoms with van der Waals surface area (Å²) in [7, 11) is 1.64. The van der Waals surface area contributed by atoms with Gasteiger partial charge in [-0.05, 0) is 17.2 Å².